The van der Waals surface area contributed by atoms with E-state index in [4.69, 9.17) is 9.72 Å². The molecule has 2 amide bonds. The lowest BCUT2D eigenvalue weighted by Crippen LogP contribution is -2.37. The van der Waals surface area contributed by atoms with Crippen molar-refractivity contribution in [2.24, 2.45) is 0 Å². The SMILES string of the molecule is O=C(Nc1cnc(Oc2ccc(-c3cnn4ccc(N5CCC5)nc34)cc2)nc1)Nc1ccc(C(F)(F)F)cc1-c1cccnc1. The van der Waals surface area contributed by atoms with Crippen LogP contribution in [0.4, 0.5) is 35.2 Å². The second-order valence-electron chi connectivity index (χ2n) is 10.4. The zero-order valence-electron chi connectivity index (χ0n) is 23.9. The minimum absolute atomic E-state index is 0.0529. The van der Waals surface area contributed by atoms with Crippen LogP contribution >= 0.6 is 0 Å². The van der Waals surface area contributed by atoms with E-state index in [-0.39, 0.29) is 22.9 Å². The Morgan fingerprint density at radius 2 is 1.67 bits per heavy atom. The summed E-state index contributed by atoms with van der Waals surface area (Å²) in [6.45, 7) is 2.00. The number of alkyl halides is 3. The molecule has 11 nitrogen and oxygen atoms in total. The number of halogens is 3. The molecule has 46 heavy (non-hydrogen) atoms. The lowest BCUT2D eigenvalue weighted by molar-refractivity contribution is -0.137. The molecule has 0 unspecified atom stereocenters. The maximum absolute atomic E-state index is 13.4. The summed E-state index contributed by atoms with van der Waals surface area (Å²) in [6, 6.07) is 14.9. The number of aromatic nitrogens is 6. The molecular formula is C32H24F3N9O2. The van der Waals surface area contributed by atoms with E-state index in [0.717, 1.165) is 47.8 Å². The van der Waals surface area contributed by atoms with Gasteiger partial charge in [-0.2, -0.15) is 18.3 Å². The Labute approximate surface area is 259 Å². The van der Waals surface area contributed by atoms with Gasteiger partial charge in [0.05, 0.1) is 35.5 Å². The molecule has 14 heteroatoms. The highest BCUT2D eigenvalue weighted by Gasteiger charge is 2.31. The van der Waals surface area contributed by atoms with Crippen molar-refractivity contribution in [3.8, 4) is 34.0 Å². The van der Waals surface area contributed by atoms with E-state index in [1.165, 1.54) is 37.3 Å². The van der Waals surface area contributed by atoms with E-state index in [9.17, 15) is 18.0 Å². The number of urea groups is 1. The van der Waals surface area contributed by atoms with Gasteiger partial charge < -0.3 is 20.3 Å². The number of amides is 2. The number of hydrogen-bond acceptors (Lipinski definition) is 8. The summed E-state index contributed by atoms with van der Waals surface area (Å²) in [5.74, 6) is 1.43. The summed E-state index contributed by atoms with van der Waals surface area (Å²) >= 11 is 0. The van der Waals surface area contributed by atoms with Gasteiger partial charge in [0.1, 0.15) is 11.6 Å². The second kappa shape index (κ2) is 11.8. The zero-order chi connectivity index (χ0) is 31.7. The van der Waals surface area contributed by atoms with Crippen LogP contribution in [-0.2, 0) is 6.18 Å². The van der Waals surface area contributed by atoms with Gasteiger partial charge in [-0.15, -0.1) is 0 Å². The Bertz CT molecular complexity index is 2010. The number of fused-ring (bicyclic) bond motifs is 1. The molecule has 1 aliphatic heterocycles. The molecule has 7 rings (SSSR count). The Morgan fingerprint density at radius 1 is 0.870 bits per heavy atom. The molecule has 2 N–H and O–H groups in total. The maximum Gasteiger partial charge on any atom is 0.416 e. The van der Waals surface area contributed by atoms with Crippen LogP contribution in [0.3, 0.4) is 0 Å². The summed E-state index contributed by atoms with van der Waals surface area (Å²) in [7, 11) is 0. The Balaban J connectivity index is 1.01. The molecule has 0 spiro atoms. The number of carbonyl (C=O) groups is 1. The van der Waals surface area contributed by atoms with Gasteiger partial charge in [0.2, 0.25) is 0 Å². The standard InChI is InChI=1S/C32H24F3N9O2/c33-32(34,35)22-6-9-27(25(15-22)21-3-1-11-36-16-21)41-30(45)40-23-17-37-31(38-18-23)46-24-7-4-20(5-8-24)26-19-39-44-14-10-28(42-29(26)44)43-12-2-13-43/h1,3-11,14-19H,2,12-13H2,(H2,40,41,45). The fraction of sp³-hybridized carbons (Fsp3) is 0.125. The Hall–Kier alpha value is -6.05. The summed E-state index contributed by atoms with van der Waals surface area (Å²) in [6.07, 6.45) is 5.93. The summed E-state index contributed by atoms with van der Waals surface area (Å²) in [5.41, 5.74) is 2.71. The lowest BCUT2D eigenvalue weighted by Gasteiger charge is -2.31. The van der Waals surface area contributed by atoms with Crippen molar-refractivity contribution in [3.63, 3.8) is 0 Å². The van der Waals surface area contributed by atoms with E-state index in [2.05, 4.69) is 35.6 Å². The third-order valence-corrected chi connectivity index (χ3v) is 7.36. The van der Waals surface area contributed by atoms with Crippen LogP contribution in [0.15, 0.2) is 97.8 Å². The van der Waals surface area contributed by atoms with E-state index >= 15 is 0 Å². The monoisotopic (exact) mass is 623 g/mol. The number of ether oxygens (including phenoxy) is 1. The fourth-order valence-electron chi connectivity index (χ4n) is 4.90. The topological polar surface area (TPSA) is 122 Å². The average Bonchev–Trinajstić information content (AvgIpc) is 3.45. The highest BCUT2D eigenvalue weighted by molar-refractivity contribution is 6.02. The number of carbonyl (C=O) groups excluding carboxylic acids is 1. The zero-order valence-corrected chi connectivity index (χ0v) is 23.9. The molecule has 2 aromatic carbocycles. The maximum atomic E-state index is 13.4. The van der Waals surface area contributed by atoms with E-state index in [1.54, 1.807) is 35.0 Å². The van der Waals surface area contributed by atoms with Crippen LogP contribution in [0.1, 0.15) is 12.0 Å². The summed E-state index contributed by atoms with van der Waals surface area (Å²) < 4.78 is 47.6. The molecule has 0 radical (unpaired) electrons. The van der Waals surface area contributed by atoms with Gasteiger partial charge in [-0.25, -0.2) is 24.3 Å². The van der Waals surface area contributed by atoms with Crippen molar-refractivity contribution >= 4 is 28.9 Å². The lowest BCUT2D eigenvalue weighted by atomic mass is 10.0. The van der Waals surface area contributed by atoms with Gasteiger partial charge in [-0.3, -0.25) is 4.98 Å². The molecule has 5 heterocycles. The smallest absolute Gasteiger partial charge is 0.416 e. The number of rotatable bonds is 7. The first-order chi connectivity index (χ1) is 22.3. The number of pyridine rings is 1. The summed E-state index contributed by atoms with van der Waals surface area (Å²) in [4.78, 5) is 32.1. The van der Waals surface area contributed by atoms with Crippen molar-refractivity contribution in [3.05, 3.63) is 103 Å². The molecule has 1 saturated heterocycles. The number of anilines is 3. The normalized spacial score (nSPS) is 12.9. The van der Waals surface area contributed by atoms with Gasteiger partial charge in [0, 0.05) is 48.4 Å². The fourth-order valence-corrected chi connectivity index (χ4v) is 4.90. The third-order valence-electron chi connectivity index (χ3n) is 7.36. The molecule has 1 aliphatic rings. The van der Waals surface area contributed by atoms with E-state index in [1.807, 2.05) is 24.4 Å². The number of hydrogen-bond donors (Lipinski definition) is 2. The van der Waals surface area contributed by atoms with Crippen molar-refractivity contribution in [1.82, 2.24) is 29.5 Å². The summed E-state index contributed by atoms with van der Waals surface area (Å²) in [5, 5.41) is 9.58. The molecule has 0 bridgehead atoms. The number of benzene rings is 2. The highest BCUT2D eigenvalue weighted by atomic mass is 19.4. The van der Waals surface area contributed by atoms with Gasteiger partial charge in [0.15, 0.2) is 5.65 Å². The Kier molecular flexibility index (Phi) is 7.36. The van der Waals surface area contributed by atoms with Gasteiger partial charge in [0.25, 0.3) is 0 Å². The van der Waals surface area contributed by atoms with Crippen molar-refractivity contribution in [2.45, 2.75) is 12.6 Å². The van der Waals surface area contributed by atoms with E-state index in [0.29, 0.717) is 11.3 Å². The molecule has 0 aliphatic carbocycles. The predicted octanol–water partition coefficient (Wildman–Crippen LogP) is 6.91. The minimum Gasteiger partial charge on any atom is -0.424 e. The molecule has 0 atom stereocenters. The van der Waals surface area contributed by atoms with Crippen molar-refractivity contribution < 1.29 is 22.7 Å². The van der Waals surface area contributed by atoms with Crippen molar-refractivity contribution in [1.29, 1.82) is 0 Å². The van der Waals surface area contributed by atoms with Crippen LogP contribution in [-0.4, -0.2) is 48.7 Å². The first kappa shape index (κ1) is 28.7. The Morgan fingerprint density at radius 3 is 2.37 bits per heavy atom. The van der Waals surface area contributed by atoms with Gasteiger partial charge >= 0.3 is 18.2 Å². The predicted molar refractivity (Wildman–Crippen MR) is 165 cm³/mol. The number of nitrogens with zero attached hydrogens (tertiary/aromatic N) is 7. The molecular weight excluding hydrogens is 599 g/mol. The van der Waals surface area contributed by atoms with Crippen LogP contribution < -0.4 is 20.3 Å². The first-order valence-electron chi connectivity index (χ1n) is 14.2. The molecule has 0 saturated carbocycles. The van der Waals surface area contributed by atoms with Crippen LogP contribution in [0, 0.1) is 0 Å². The molecule has 4 aromatic heterocycles. The van der Waals surface area contributed by atoms with Gasteiger partial charge in [-0.1, -0.05) is 18.2 Å². The van der Waals surface area contributed by atoms with E-state index < -0.39 is 17.8 Å². The average molecular weight is 624 g/mol. The molecule has 230 valence electrons. The molecule has 1 fully saturated rings. The quantitative estimate of drug-likeness (QED) is 0.197. The van der Waals surface area contributed by atoms with Crippen LogP contribution in [0.25, 0.3) is 27.9 Å². The minimum atomic E-state index is -4.55. The number of nitrogens with one attached hydrogen (secondary N) is 2. The van der Waals surface area contributed by atoms with Crippen molar-refractivity contribution in [2.75, 3.05) is 28.6 Å². The largest absolute Gasteiger partial charge is 0.424 e. The van der Waals surface area contributed by atoms with Crippen LogP contribution in [0.5, 0.6) is 11.8 Å². The first-order valence-corrected chi connectivity index (χ1v) is 14.2. The van der Waals surface area contributed by atoms with Crippen LogP contribution in [0.2, 0.25) is 0 Å². The molecule has 6 aromatic rings. The third kappa shape index (κ3) is 6.00. The highest BCUT2D eigenvalue weighted by Crippen LogP contribution is 2.36. The van der Waals surface area contributed by atoms with Gasteiger partial charge in [-0.05, 0) is 54.4 Å². The second-order valence-corrected chi connectivity index (χ2v) is 10.4.